The number of H-pyrrole nitrogens is 2. The molecule has 0 aromatic carbocycles. The Morgan fingerprint density at radius 2 is 1.29 bits per heavy atom. The molecule has 0 aliphatic carbocycles. The largest absolute Gasteiger partial charge is 1.00 e. The summed E-state index contributed by atoms with van der Waals surface area (Å²) >= 11 is 0. The van der Waals surface area contributed by atoms with Crippen LogP contribution in [0.25, 0.3) is 33.5 Å². The van der Waals surface area contributed by atoms with Crippen LogP contribution in [0.2, 0.25) is 0 Å². The zero-order valence-electron chi connectivity index (χ0n) is 29.2. The van der Waals surface area contributed by atoms with Gasteiger partial charge in [0.2, 0.25) is 17.5 Å². The molecule has 58 heavy (non-hydrogen) atoms. The topological polar surface area (TPSA) is 448 Å². The molecule has 9 atom stereocenters. The van der Waals surface area contributed by atoms with Gasteiger partial charge < -0.3 is 65.2 Å². The Balaban J connectivity index is 0.000000202. The number of hydrogen-bond acceptors (Lipinski definition) is 23. The Hall–Kier alpha value is -4.33. The van der Waals surface area contributed by atoms with E-state index in [1.807, 2.05) is 0 Å². The first-order valence-electron chi connectivity index (χ1n) is 15.9. The van der Waals surface area contributed by atoms with Crippen LogP contribution in [0.5, 0.6) is 0 Å². The van der Waals surface area contributed by atoms with E-state index < -0.39 is 89.1 Å². The molecule has 8 heterocycles. The second kappa shape index (κ2) is 16.7. The molecule has 306 valence electrons. The number of pyridine rings is 1. The van der Waals surface area contributed by atoms with Crippen LogP contribution in [0.3, 0.4) is 0 Å². The minimum Gasteiger partial charge on any atom is -0.745 e. The number of nitrogens with one attached hydrogen (secondary N) is 2. The third kappa shape index (κ3) is 8.82. The number of aliphatic hydroxyl groups is 4. The molecule has 6 aromatic rings. The third-order valence-corrected chi connectivity index (χ3v) is 9.59. The van der Waals surface area contributed by atoms with Crippen molar-refractivity contribution in [3.8, 4) is 0 Å². The average Bonchev–Trinajstić information content (AvgIpc) is 3.96. The number of nitrogen functional groups attached to an aromatic ring is 2. The van der Waals surface area contributed by atoms with Gasteiger partial charge in [0.05, 0.1) is 25.9 Å². The summed E-state index contributed by atoms with van der Waals surface area (Å²) in [5.74, 6) is -0.370. The van der Waals surface area contributed by atoms with Crippen molar-refractivity contribution in [3.05, 3.63) is 51.7 Å². The maximum Gasteiger partial charge on any atom is 1.00 e. The number of hydrogen-bond donors (Lipinski definition) is 10. The first-order valence-corrected chi connectivity index (χ1v) is 18.9. The van der Waals surface area contributed by atoms with Crippen LogP contribution < -0.4 is 61.7 Å². The number of aromatic amines is 2. The molecule has 2 aliphatic heterocycles. The van der Waals surface area contributed by atoms with E-state index in [1.165, 1.54) is 28.0 Å². The van der Waals surface area contributed by atoms with Crippen LogP contribution >= 0.6 is 15.6 Å². The number of phosphoric acid groups is 2. The van der Waals surface area contributed by atoms with Crippen molar-refractivity contribution in [3.63, 3.8) is 0 Å². The monoisotopic (exact) mass is 866 g/mol. The zero-order valence-corrected chi connectivity index (χ0v) is 33.0. The number of nitrogens with two attached hydrogens (primary N) is 2. The SMILES string of the molecule is Nc1nc2c(ncn2[C@@H]2O[C@H](COP(=O)(O)O)[C@H](O)C2O)c(=O)[nH]1.Nc1nc2c(ncn2[C@@H]2O[C@H](COP(=O)([O-])On3nnc4cccnc43)[C@H](O)C2O)c(=O)[nH]1.[Na+]. The van der Waals surface area contributed by atoms with Crippen molar-refractivity contribution in [1.29, 1.82) is 0 Å². The Morgan fingerprint density at radius 3 is 1.79 bits per heavy atom. The summed E-state index contributed by atoms with van der Waals surface area (Å²) in [6.07, 6.45) is -7.30. The second-order valence-electron chi connectivity index (χ2n) is 12.1. The van der Waals surface area contributed by atoms with Gasteiger partial charge in [0.15, 0.2) is 34.8 Å². The number of ether oxygens (including phenoxy) is 2. The minimum absolute atomic E-state index is 0. The van der Waals surface area contributed by atoms with Crippen molar-refractivity contribution in [2.75, 3.05) is 24.7 Å². The Labute approximate surface area is 341 Å². The van der Waals surface area contributed by atoms with Gasteiger partial charge in [-0.2, -0.15) is 9.97 Å². The summed E-state index contributed by atoms with van der Waals surface area (Å²) in [5, 5.41) is 48.0. The number of phosphoric ester groups is 2. The fraction of sp³-hybridized carbons (Fsp3) is 0.400. The van der Waals surface area contributed by atoms with Crippen LogP contribution in [0.15, 0.2) is 40.6 Å². The molecular formula is C25H29N14NaO16P2. The van der Waals surface area contributed by atoms with E-state index >= 15 is 0 Å². The van der Waals surface area contributed by atoms with Crippen molar-refractivity contribution < 1.29 is 96.9 Å². The van der Waals surface area contributed by atoms with Crippen LogP contribution in [0.4, 0.5) is 11.9 Å². The molecule has 0 radical (unpaired) electrons. The number of rotatable bonds is 10. The maximum atomic E-state index is 12.2. The predicted molar refractivity (Wildman–Crippen MR) is 180 cm³/mol. The molecule has 0 spiro atoms. The second-order valence-corrected chi connectivity index (χ2v) is 14.6. The van der Waals surface area contributed by atoms with E-state index in [0.717, 1.165) is 0 Å². The summed E-state index contributed by atoms with van der Waals surface area (Å²) in [4.78, 5) is 77.9. The fourth-order valence-corrected chi connectivity index (χ4v) is 6.72. The molecule has 6 aromatic heterocycles. The molecule has 2 fully saturated rings. The molecule has 30 nitrogen and oxygen atoms in total. The molecule has 33 heteroatoms. The number of fused-ring (bicyclic) bond motifs is 3. The Bertz CT molecular complexity index is 2650. The van der Waals surface area contributed by atoms with Crippen molar-refractivity contribution >= 4 is 61.0 Å². The number of imidazole rings is 2. The zero-order chi connectivity index (χ0) is 41.0. The molecule has 0 saturated carbocycles. The van der Waals surface area contributed by atoms with Gasteiger partial charge in [0.25, 0.3) is 11.1 Å². The van der Waals surface area contributed by atoms with Crippen molar-refractivity contribution in [1.82, 2.24) is 59.2 Å². The molecule has 0 amide bonds. The van der Waals surface area contributed by atoms with Crippen LogP contribution in [-0.4, -0.2) is 139 Å². The number of nitrogens with zero attached hydrogens (tertiary/aromatic N) is 10. The smallest absolute Gasteiger partial charge is 0.745 e. The summed E-state index contributed by atoms with van der Waals surface area (Å²) < 4.78 is 50.1. The van der Waals surface area contributed by atoms with Gasteiger partial charge in [-0.25, -0.2) is 19.5 Å². The van der Waals surface area contributed by atoms with Gasteiger partial charge in [-0.1, -0.05) is 4.85 Å². The van der Waals surface area contributed by atoms with Gasteiger partial charge >= 0.3 is 45.2 Å². The summed E-state index contributed by atoms with van der Waals surface area (Å²) in [6.45, 7) is -1.36. The molecule has 2 saturated heterocycles. The van der Waals surface area contributed by atoms with E-state index in [4.69, 9.17) is 39.9 Å². The number of aliphatic hydroxyl groups excluding tert-OH is 4. The first-order chi connectivity index (χ1) is 26.9. The minimum atomic E-state index is -5.01. The van der Waals surface area contributed by atoms with Crippen molar-refractivity contribution in [2.45, 2.75) is 49.1 Å². The van der Waals surface area contributed by atoms with Gasteiger partial charge in [0.1, 0.15) is 42.1 Å². The van der Waals surface area contributed by atoms with Crippen LogP contribution in [0.1, 0.15) is 12.5 Å². The van der Waals surface area contributed by atoms with Gasteiger partial charge in [-0.15, -0.1) is 5.10 Å². The van der Waals surface area contributed by atoms with E-state index in [0.29, 0.717) is 10.4 Å². The first kappa shape index (κ1) is 43.3. The molecule has 12 N–H and O–H groups in total. The Kier molecular flexibility index (Phi) is 12.5. The van der Waals surface area contributed by atoms with Crippen molar-refractivity contribution in [2.24, 2.45) is 0 Å². The van der Waals surface area contributed by atoms with E-state index in [9.17, 15) is 44.0 Å². The Morgan fingerprint density at radius 1 is 0.793 bits per heavy atom. The summed E-state index contributed by atoms with van der Waals surface area (Å²) in [6, 6.07) is 3.13. The fourth-order valence-electron chi connectivity index (χ4n) is 5.71. The predicted octanol–water partition coefficient (Wildman–Crippen LogP) is -8.49. The van der Waals surface area contributed by atoms with Gasteiger partial charge in [-0.05, 0) is 17.3 Å². The normalized spacial score (nSPS) is 25.7. The molecular weight excluding hydrogens is 837 g/mol. The average molecular weight is 867 g/mol. The van der Waals surface area contributed by atoms with E-state index in [-0.39, 0.29) is 69.4 Å². The molecule has 2 aliphatic rings. The summed E-state index contributed by atoms with van der Waals surface area (Å²) in [5.41, 5.74) is 10.0. The number of anilines is 2. The maximum absolute atomic E-state index is 12.2. The quantitative estimate of drug-likeness (QED) is 0.0451. The molecule has 8 rings (SSSR count). The standard InChI is InChI=1S/C15H16N9O8P.C10H14N5O8P.Na/c16-15-19-12-8(13(27)20-15)18-5-23(12)14-10(26)9(25)7(31-14)4-30-33(28,29)32-24-11-6(21-22-24)2-1-3-17-11;11-10-13-7-4(8(18)14-10)12-2-15(7)9-6(17)5(16)3(23-9)1-22-24(19,20)21;/h1-3,5,7,9-10,14,25-26H,4H2,(H,28,29)(H3,16,19,20,27);2-3,5-6,9,16-17H,1H2,(H2,19,20,21)(H3,11,13,14,18);/q;;+1/p-1/t7-,9+,10?,14-;3-,5+,6?,9-;/m11./s1. The van der Waals surface area contributed by atoms with Gasteiger partial charge in [0, 0.05) is 6.20 Å². The van der Waals surface area contributed by atoms with E-state index in [2.05, 4.69) is 49.7 Å². The third-order valence-electron chi connectivity index (χ3n) is 8.29. The number of aromatic nitrogens is 12. The molecule has 3 unspecified atom stereocenters. The van der Waals surface area contributed by atoms with Crippen LogP contribution in [0, 0.1) is 0 Å². The summed E-state index contributed by atoms with van der Waals surface area (Å²) in [7, 11) is -9.77. The van der Waals surface area contributed by atoms with Gasteiger partial charge in [-0.3, -0.25) is 37.8 Å². The molecule has 0 bridgehead atoms. The van der Waals surface area contributed by atoms with Crippen LogP contribution in [-0.2, 0) is 27.7 Å². The van der Waals surface area contributed by atoms with E-state index in [1.54, 1.807) is 12.1 Å².